The average Bonchev–Trinajstić information content (AvgIpc) is 3.58. The van der Waals surface area contributed by atoms with Gasteiger partial charge in [-0.25, -0.2) is 4.98 Å². The van der Waals surface area contributed by atoms with Crippen molar-refractivity contribution in [3.63, 3.8) is 0 Å². The molecular weight excluding hydrogens is 623 g/mol. The highest BCUT2D eigenvalue weighted by atomic mass is 32.1. The number of hydrogen-bond donors (Lipinski definition) is 0. The number of thiophene rings is 1. The second-order valence-electron chi connectivity index (χ2n) is 12.3. The number of pyridine rings is 1. The number of aromatic nitrogens is 1. The lowest BCUT2D eigenvalue weighted by Crippen LogP contribution is -1.94. The van der Waals surface area contributed by atoms with Gasteiger partial charge >= 0.3 is 0 Å². The van der Waals surface area contributed by atoms with Crippen LogP contribution in [-0.2, 0) is 0 Å². The van der Waals surface area contributed by atoms with E-state index in [4.69, 9.17) is 11.4 Å². The molecule has 0 aliphatic heterocycles. The summed E-state index contributed by atoms with van der Waals surface area (Å²) in [7, 11) is 0. The maximum atomic E-state index is 5.54. The normalized spacial score (nSPS) is 11.7. The van der Waals surface area contributed by atoms with E-state index in [9.17, 15) is 0 Å². The van der Waals surface area contributed by atoms with Gasteiger partial charge in [0, 0.05) is 25.7 Å². The highest BCUT2D eigenvalue weighted by Crippen LogP contribution is 2.40. The third-order valence-electron chi connectivity index (χ3n) is 9.19. The fourth-order valence-corrected chi connectivity index (χ4v) is 7.88. The minimum Gasteiger partial charge on any atom is -0.248 e. The molecule has 0 spiro atoms. The zero-order valence-corrected chi connectivity index (χ0v) is 28.5. The van der Waals surface area contributed by atoms with Crippen LogP contribution in [0, 0.1) is 12.3 Å². The first kappa shape index (κ1) is 31.0. The summed E-state index contributed by atoms with van der Waals surface area (Å²) in [6, 6.07) is 56.6. The Labute approximate surface area is 297 Å². The summed E-state index contributed by atoms with van der Waals surface area (Å²) in [5.41, 5.74) is 13.4. The summed E-state index contributed by atoms with van der Waals surface area (Å²) in [5.74, 6) is 2.61. The quantitative estimate of drug-likeness (QED) is 0.123. The van der Waals surface area contributed by atoms with Crippen molar-refractivity contribution in [1.29, 1.82) is 0 Å². The van der Waals surface area contributed by atoms with Crippen LogP contribution in [-0.4, -0.2) is 4.98 Å². The minimum atomic E-state index is 0.885. The van der Waals surface area contributed by atoms with Gasteiger partial charge in [0.05, 0.1) is 11.4 Å². The molecule has 1 nitrogen and oxygen atoms in total. The Hall–Kier alpha value is -6.27. The maximum Gasteiger partial charge on any atom is 0.0715 e. The predicted molar refractivity (Wildman–Crippen MR) is 216 cm³/mol. The number of allylic oxidation sites excluding steroid dienone is 4. The van der Waals surface area contributed by atoms with Crippen LogP contribution in [0.5, 0.6) is 0 Å². The smallest absolute Gasteiger partial charge is 0.0715 e. The van der Waals surface area contributed by atoms with Gasteiger partial charge in [0.2, 0.25) is 0 Å². The van der Waals surface area contributed by atoms with Crippen LogP contribution in [0.25, 0.3) is 81.5 Å². The zero-order valence-electron chi connectivity index (χ0n) is 27.7. The lowest BCUT2D eigenvalue weighted by Gasteiger charge is -2.12. The summed E-state index contributed by atoms with van der Waals surface area (Å²) in [4.78, 5) is 5.03. The van der Waals surface area contributed by atoms with E-state index in [1.807, 2.05) is 48.6 Å². The fraction of sp³-hybridized carbons (Fsp3) is 0.0208. The minimum absolute atomic E-state index is 0.885. The van der Waals surface area contributed by atoms with Crippen LogP contribution in [0.4, 0.5) is 0 Å². The Morgan fingerprint density at radius 2 is 1.16 bits per heavy atom. The molecule has 0 aliphatic carbocycles. The molecule has 0 fully saturated rings. The molecule has 0 atom stereocenters. The predicted octanol–water partition coefficient (Wildman–Crippen LogP) is 13.4. The van der Waals surface area contributed by atoms with E-state index < -0.39 is 0 Å². The molecule has 0 saturated carbocycles. The molecule has 236 valence electrons. The van der Waals surface area contributed by atoms with Gasteiger partial charge < -0.3 is 0 Å². The molecule has 2 heterocycles. The van der Waals surface area contributed by atoms with E-state index in [1.54, 1.807) is 6.08 Å². The van der Waals surface area contributed by atoms with E-state index in [0.29, 0.717) is 0 Å². The number of benzene rings is 6. The first-order valence-corrected chi connectivity index (χ1v) is 17.6. The second-order valence-corrected chi connectivity index (χ2v) is 13.3. The first-order valence-electron chi connectivity index (χ1n) is 16.8. The third-order valence-corrected chi connectivity index (χ3v) is 10.4. The molecule has 0 aliphatic rings. The monoisotopic (exact) mass is 655 g/mol. The number of fused-ring (bicyclic) bond motifs is 3. The second kappa shape index (κ2) is 13.7. The van der Waals surface area contributed by atoms with Crippen LogP contribution in [0.3, 0.4) is 0 Å². The molecular formula is C48H33NS. The largest absolute Gasteiger partial charge is 0.248 e. The molecule has 0 unspecified atom stereocenters. The van der Waals surface area contributed by atoms with Gasteiger partial charge in [0.25, 0.3) is 0 Å². The summed E-state index contributed by atoms with van der Waals surface area (Å²) >= 11 is 1.87. The van der Waals surface area contributed by atoms with Crippen LogP contribution in [0.15, 0.2) is 176 Å². The van der Waals surface area contributed by atoms with Crippen molar-refractivity contribution >= 4 is 37.1 Å². The van der Waals surface area contributed by atoms with Crippen molar-refractivity contribution < 1.29 is 0 Å². The average molecular weight is 656 g/mol. The van der Waals surface area contributed by atoms with Crippen molar-refractivity contribution in [1.82, 2.24) is 4.98 Å². The lowest BCUT2D eigenvalue weighted by atomic mass is 9.94. The van der Waals surface area contributed by atoms with Crippen LogP contribution in [0.2, 0.25) is 0 Å². The highest BCUT2D eigenvalue weighted by molar-refractivity contribution is 7.26. The van der Waals surface area contributed by atoms with E-state index >= 15 is 0 Å². The topological polar surface area (TPSA) is 12.9 Å². The maximum absolute atomic E-state index is 5.54. The standard InChI is InChI=1S/C48H33NS/c1-3-5-14-33(4-2)45-31-41(32-46(49-45)36-15-7-6-8-16-36)39-19-11-17-37(29-39)34-25-27-35(28-26-34)38-18-12-20-40(30-38)42-22-13-23-44-43-21-9-10-24-47(43)50-48(42)44/h1,4-32H,2H3/b14-5-,33-4+. The Bertz CT molecular complexity index is 2600. The van der Waals surface area contributed by atoms with Gasteiger partial charge in [0.15, 0.2) is 0 Å². The van der Waals surface area contributed by atoms with Gasteiger partial charge in [-0.15, -0.1) is 17.8 Å². The van der Waals surface area contributed by atoms with Crippen molar-refractivity contribution in [2.24, 2.45) is 0 Å². The van der Waals surface area contributed by atoms with Gasteiger partial charge in [-0.05, 0) is 99.5 Å². The Balaban J connectivity index is 1.12. The molecule has 6 aromatic carbocycles. The van der Waals surface area contributed by atoms with Crippen LogP contribution < -0.4 is 0 Å². The summed E-state index contributed by atoms with van der Waals surface area (Å²) in [6.07, 6.45) is 11.3. The summed E-state index contributed by atoms with van der Waals surface area (Å²) < 4.78 is 2.66. The zero-order chi connectivity index (χ0) is 33.9. The Morgan fingerprint density at radius 3 is 1.88 bits per heavy atom. The Morgan fingerprint density at radius 1 is 0.560 bits per heavy atom. The van der Waals surface area contributed by atoms with E-state index in [0.717, 1.165) is 39.2 Å². The molecule has 0 radical (unpaired) electrons. The first-order chi connectivity index (χ1) is 24.7. The highest BCUT2D eigenvalue weighted by Gasteiger charge is 2.12. The van der Waals surface area contributed by atoms with Gasteiger partial charge in [-0.3, -0.25) is 0 Å². The molecule has 8 rings (SSSR count). The molecule has 8 aromatic rings. The molecule has 0 N–H and O–H groups in total. The van der Waals surface area contributed by atoms with E-state index in [2.05, 4.69) is 145 Å². The van der Waals surface area contributed by atoms with Gasteiger partial charge in [-0.1, -0.05) is 139 Å². The molecule has 0 amide bonds. The molecule has 0 bridgehead atoms. The summed E-state index contributed by atoms with van der Waals surface area (Å²) in [5, 5.41) is 2.65. The van der Waals surface area contributed by atoms with Crippen molar-refractivity contribution in [2.75, 3.05) is 0 Å². The van der Waals surface area contributed by atoms with Crippen LogP contribution >= 0.6 is 11.3 Å². The summed E-state index contributed by atoms with van der Waals surface area (Å²) in [6.45, 7) is 2.01. The SMILES string of the molecule is C#C/C=C\C(=C/C)c1cc(-c2cccc(-c3ccc(-c4cccc(-c5cccc6c5sc5ccccc56)c4)cc3)c2)cc(-c2ccccc2)n1. The molecule has 50 heavy (non-hydrogen) atoms. The molecule has 2 heteroatoms. The third kappa shape index (κ3) is 6.08. The molecule has 2 aromatic heterocycles. The van der Waals surface area contributed by atoms with Crippen molar-refractivity contribution in [3.05, 3.63) is 182 Å². The number of rotatable bonds is 7. The number of nitrogens with zero attached hydrogens (tertiary/aromatic N) is 1. The Kier molecular flexibility index (Phi) is 8.49. The van der Waals surface area contributed by atoms with Crippen LogP contribution in [0.1, 0.15) is 12.6 Å². The van der Waals surface area contributed by atoms with E-state index in [-0.39, 0.29) is 0 Å². The van der Waals surface area contributed by atoms with Crippen molar-refractivity contribution in [2.45, 2.75) is 6.92 Å². The van der Waals surface area contributed by atoms with Gasteiger partial charge in [0.1, 0.15) is 0 Å². The van der Waals surface area contributed by atoms with Crippen molar-refractivity contribution in [3.8, 4) is 68.1 Å². The molecule has 0 saturated heterocycles. The lowest BCUT2D eigenvalue weighted by molar-refractivity contribution is 1.28. The fourth-order valence-electron chi connectivity index (χ4n) is 6.64. The van der Waals surface area contributed by atoms with Gasteiger partial charge in [-0.2, -0.15) is 0 Å². The van der Waals surface area contributed by atoms with E-state index in [1.165, 1.54) is 48.0 Å². The number of terminal acetylenes is 1. The number of hydrogen-bond acceptors (Lipinski definition) is 2.